The van der Waals surface area contributed by atoms with Crippen molar-refractivity contribution in [2.75, 3.05) is 6.61 Å². The normalized spacial score (nSPS) is 13.9. The van der Waals surface area contributed by atoms with E-state index in [0.717, 1.165) is 12.8 Å². The van der Waals surface area contributed by atoms with Gasteiger partial charge in [-0.05, 0) is 49.9 Å². The Balaban J connectivity index is 1.92. The summed E-state index contributed by atoms with van der Waals surface area (Å²) in [5.74, 6) is -0.0842. The van der Waals surface area contributed by atoms with Crippen LogP contribution >= 0.6 is 0 Å². The van der Waals surface area contributed by atoms with Gasteiger partial charge in [-0.15, -0.1) is 0 Å². The van der Waals surface area contributed by atoms with Crippen LogP contribution < -0.4 is 16.0 Å². The fraction of sp³-hybridized carbons (Fsp3) is 0.263. The fourth-order valence-corrected chi connectivity index (χ4v) is 3.11. The molecule has 6 nitrogen and oxygen atoms in total. The summed E-state index contributed by atoms with van der Waals surface area (Å²) in [5, 5.41) is 0.907. The zero-order valence-electron chi connectivity index (χ0n) is 14.2. The van der Waals surface area contributed by atoms with E-state index < -0.39 is 17.3 Å². The lowest BCUT2D eigenvalue weighted by Gasteiger charge is -2.11. The molecule has 26 heavy (non-hydrogen) atoms. The minimum atomic E-state index is -0.738. The summed E-state index contributed by atoms with van der Waals surface area (Å²) < 4.78 is 19.8. The minimum absolute atomic E-state index is 0.000369. The number of amides is 1. The Morgan fingerprint density at radius 2 is 2.08 bits per heavy atom. The number of aromatic amines is 2. The van der Waals surface area contributed by atoms with Crippen molar-refractivity contribution in [2.45, 2.75) is 19.8 Å². The number of carbonyl (C=O) groups is 1. The lowest BCUT2D eigenvalue weighted by molar-refractivity contribution is 0.0995. The molecular weight excluding hydrogens is 337 g/mol. The largest absolute Gasteiger partial charge is 0.493 e. The van der Waals surface area contributed by atoms with Crippen LogP contribution in [0.2, 0.25) is 0 Å². The Morgan fingerprint density at radius 1 is 1.31 bits per heavy atom. The first-order chi connectivity index (χ1) is 12.4. The van der Waals surface area contributed by atoms with Crippen molar-refractivity contribution in [2.24, 2.45) is 11.7 Å². The number of aryl methyl sites for hydroxylation is 1. The summed E-state index contributed by atoms with van der Waals surface area (Å²) >= 11 is 0. The Bertz CT molecular complexity index is 1080. The summed E-state index contributed by atoms with van der Waals surface area (Å²) in [5.41, 5.74) is 6.53. The molecule has 134 valence electrons. The number of fused-ring (bicyclic) bond motifs is 1. The molecule has 1 fully saturated rings. The van der Waals surface area contributed by atoms with Gasteiger partial charge in [0, 0.05) is 16.6 Å². The summed E-state index contributed by atoms with van der Waals surface area (Å²) in [7, 11) is 0. The maximum absolute atomic E-state index is 13.9. The summed E-state index contributed by atoms with van der Waals surface area (Å²) in [6.07, 6.45) is 2.27. The summed E-state index contributed by atoms with van der Waals surface area (Å²) in [6.45, 7) is 2.32. The number of carbonyl (C=O) groups excluding carboxylic acids is 1. The number of primary amides is 1. The Labute approximate surface area is 148 Å². The van der Waals surface area contributed by atoms with Gasteiger partial charge in [-0.25, -0.2) is 4.39 Å². The number of nitrogens with two attached hydrogens (primary N) is 1. The molecule has 0 radical (unpaired) electrons. The van der Waals surface area contributed by atoms with Crippen molar-refractivity contribution in [3.8, 4) is 17.0 Å². The molecule has 3 aromatic rings. The van der Waals surface area contributed by atoms with Crippen LogP contribution in [0, 0.1) is 18.7 Å². The highest BCUT2D eigenvalue weighted by Gasteiger charge is 2.23. The molecule has 1 saturated carbocycles. The summed E-state index contributed by atoms with van der Waals surface area (Å²) in [4.78, 5) is 29.5. The topological polar surface area (TPSA) is 101 Å². The molecule has 4 rings (SSSR count). The van der Waals surface area contributed by atoms with Gasteiger partial charge in [-0.3, -0.25) is 9.59 Å². The van der Waals surface area contributed by atoms with Crippen molar-refractivity contribution in [1.29, 1.82) is 0 Å². The number of ether oxygens (including phenoxy) is 1. The third kappa shape index (κ3) is 2.85. The highest BCUT2D eigenvalue weighted by atomic mass is 19.1. The van der Waals surface area contributed by atoms with Gasteiger partial charge in [-0.2, -0.15) is 0 Å². The first kappa shape index (κ1) is 16.4. The van der Waals surface area contributed by atoms with E-state index in [4.69, 9.17) is 10.5 Å². The number of halogens is 1. The zero-order valence-corrected chi connectivity index (χ0v) is 14.2. The lowest BCUT2D eigenvalue weighted by atomic mass is 10.1. The van der Waals surface area contributed by atoms with Crippen LogP contribution in [-0.4, -0.2) is 22.5 Å². The van der Waals surface area contributed by atoms with Crippen molar-refractivity contribution in [3.05, 3.63) is 51.8 Å². The second kappa shape index (κ2) is 6.01. The molecule has 1 aliphatic rings. The van der Waals surface area contributed by atoms with Gasteiger partial charge in [0.2, 0.25) is 0 Å². The Kier molecular flexibility index (Phi) is 3.79. The van der Waals surface area contributed by atoms with Crippen LogP contribution in [0.5, 0.6) is 5.75 Å². The molecule has 1 amide bonds. The number of hydrogen-bond donors (Lipinski definition) is 3. The molecule has 1 aliphatic carbocycles. The molecule has 1 aromatic carbocycles. The summed E-state index contributed by atoms with van der Waals surface area (Å²) in [6, 6.07) is 5.79. The van der Waals surface area contributed by atoms with E-state index in [0.29, 0.717) is 46.0 Å². The first-order valence-corrected chi connectivity index (χ1v) is 8.42. The standard InChI is InChI=1S/C19H18FN3O3/c1-9-16-13(7-14(18(21)24)23-19(16)25)17(22-9)12-6-11(20)4-5-15(12)26-8-10-2-3-10/h4-7,10,22H,2-3,8H2,1H3,(H2,21,24)(H,23,25). The van der Waals surface area contributed by atoms with Gasteiger partial charge in [-0.1, -0.05) is 0 Å². The molecule has 4 N–H and O–H groups in total. The first-order valence-electron chi connectivity index (χ1n) is 8.42. The van der Waals surface area contributed by atoms with Crippen LogP contribution in [-0.2, 0) is 0 Å². The number of H-pyrrole nitrogens is 2. The fourth-order valence-electron chi connectivity index (χ4n) is 3.11. The van der Waals surface area contributed by atoms with E-state index >= 15 is 0 Å². The van der Waals surface area contributed by atoms with Crippen LogP contribution in [0.3, 0.4) is 0 Å². The van der Waals surface area contributed by atoms with E-state index in [-0.39, 0.29) is 5.69 Å². The van der Waals surface area contributed by atoms with E-state index in [1.165, 1.54) is 18.2 Å². The number of aromatic nitrogens is 2. The van der Waals surface area contributed by atoms with Crippen LogP contribution in [0.25, 0.3) is 22.0 Å². The second-order valence-electron chi connectivity index (χ2n) is 6.68. The van der Waals surface area contributed by atoms with E-state index in [1.807, 2.05) is 0 Å². The average molecular weight is 355 g/mol. The van der Waals surface area contributed by atoms with Crippen LogP contribution in [0.4, 0.5) is 4.39 Å². The highest BCUT2D eigenvalue weighted by Crippen LogP contribution is 2.37. The van der Waals surface area contributed by atoms with Gasteiger partial charge in [0.25, 0.3) is 11.5 Å². The monoisotopic (exact) mass is 355 g/mol. The molecule has 2 heterocycles. The highest BCUT2D eigenvalue weighted by molar-refractivity contribution is 6.02. The number of rotatable bonds is 5. The number of nitrogens with one attached hydrogen (secondary N) is 2. The van der Waals surface area contributed by atoms with Gasteiger partial charge in [0.15, 0.2) is 0 Å². The third-order valence-corrected chi connectivity index (χ3v) is 4.64. The molecule has 0 aliphatic heterocycles. The molecule has 0 atom stereocenters. The molecule has 7 heteroatoms. The minimum Gasteiger partial charge on any atom is -0.493 e. The quantitative estimate of drug-likeness (QED) is 0.656. The maximum Gasteiger partial charge on any atom is 0.265 e. The van der Waals surface area contributed by atoms with Gasteiger partial charge >= 0.3 is 0 Å². The molecule has 2 aromatic heterocycles. The van der Waals surface area contributed by atoms with E-state index in [1.54, 1.807) is 13.0 Å². The number of hydrogen-bond acceptors (Lipinski definition) is 3. The van der Waals surface area contributed by atoms with Crippen LogP contribution in [0.15, 0.2) is 29.1 Å². The molecule has 0 bridgehead atoms. The molecular formula is C19H18FN3O3. The predicted molar refractivity (Wildman–Crippen MR) is 95.8 cm³/mol. The zero-order chi connectivity index (χ0) is 18.4. The van der Waals surface area contributed by atoms with Gasteiger partial charge < -0.3 is 20.4 Å². The number of benzene rings is 1. The SMILES string of the molecule is Cc1[nH]c(-c2cc(F)ccc2OCC2CC2)c2cc(C(N)=O)[nH]c(=O)c12. The average Bonchev–Trinajstić information content (AvgIpc) is 3.36. The third-order valence-electron chi connectivity index (χ3n) is 4.64. The predicted octanol–water partition coefficient (Wildman–Crippen LogP) is 2.86. The Morgan fingerprint density at radius 3 is 2.77 bits per heavy atom. The smallest absolute Gasteiger partial charge is 0.265 e. The molecule has 0 unspecified atom stereocenters. The van der Waals surface area contributed by atoms with Crippen molar-refractivity contribution in [1.82, 2.24) is 9.97 Å². The van der Waals surface area contributed by atoms with E-state index in [2.05, 4.69) is 9.97 Å². The maximum atomic E-state index is 13.9. The molecule has 0 spiro atoms. The van der Waals surface area contributed by atoms with Crippen molar-refractivity contribution in [3.63, 3.8) is 0 Å². The van der Waals surface area contributed by atoms with Crippen molar-refractivity contribution < 1.29 is 13.9 Å². The van der Waals surface area contributed by atoms with Crippen molar-refractivity contribution >= 4 is 16.7 Å². The Hall–Kier alpha value is -3.09. The van der Waals surface area contributed by atoms with E-state index in [9.17, 15) is 14.0 Å². The van der Waals surface area contributed by atoms with Crippen LogP contribution in [0.1, 0.15) is 29.0 Å². The van der Waals surface area contributed by atoms with Gasteiger partial charge in [0.05, 0.1) is 17.7 Å². The molecule has 0 saturated heterocycles. The lowest BCUT2D eigenvalue weighted by Crippen LogP contribution is -2.18. The number of pyridine rings is 1. The second-order valence-corrected chi connectivity index (χ2v) is 6.68. The van der Waals surface area contributed by atoms with Gasteiger partial charge in [0.1, 0.15) is 17.3 Å².